The molecule has 0 radical (unpaired) electrons. The zero-order valence-electron chi connectivity index (χ0n) is 12.8. The highest BCUT2D eigenvalue weighted by atomic mass is 16.7. The van der Waals surface area contributed by atoms with Crippen molar-refractivity contribution in [1.29, 1.82) is 0 Å². The zero-order chi connectivity index (χ0) is 14.9. The Bertz CT molecular complexity index is 253. The molecule has 0 bridgehead atoms. The average molecular weight is 263 g/mol. The van der Waals surface area contributed by atoms with Crippen molar-refractivity contribution in [1.82, 2.24) is 0 Å². The van der Waals surface area contributed by atoms with E-state index in [9.17, 15) is 4.79 Å². The molecule has 0 heterocycles. The van der Waals surface area contributed by atoms with E-state index in [1.807, 2.05) is 20.8 Å². The van der Waals surface area contributed by atoms with Crippen molar-refractivity contribution in [3.05, 3.63) is 0 Å². The molecule has 0 amide bonds. The van der Waals surface area contributed by atoms with Gasteiger partial charge in [-0.3, -0.25) is 4.79 Å². The summed E-state index contributed by atoms with van der Waals surface area (Å²) in [6.07, 6.45) is -0.172. The molecule has 2 unspecified atom stereocenters. The molecule has 0 aliphatic heterocycles. The van der Waals surface area contributed by atoms with Crippen LogP contribution in [0.4, 0.5) is 0 Å². The summed E-state index contributed by atoms with van der Waals surface area (Å²) in [5, 5.41) is 9.02. The number of aliphatic hydroxyl groups is 1. The van der Waals surface area contributed by atoms with Gasteiger partial charge in [-0.2, -0.15) is 0 Å². The molecule has 0 aliphatic rings. The first-order valence-corrected chi connectivity index (χ1v) is 6.12. The van der Waals surface area contributed by atoms with Crippen LogP contribution in [0.15, 0.2) is 0 Å². The van der Waals surface area contributed by atoms with E-state index in [1.165, 1.54) is 7.11 Å². The quantitative estimate of drug-likeness (QED) is 0.533. The predicted molar refractivity (Wildman–Crippen MR) is 68.1 cm³/mol. The zero-order valence-corrected chi connectivity index (χ0v) is 11.8. The van der Waals surface area contributed by atoms with Crippen molar-refractivity contribution in [2.75, 3.05) is 20.3 Å². The third-order valence-electron chi connectivity index (χ3n) is 2.27. The van der Waals surface area contributed by atoms with E-state index in [2.05, 4.69) is 0 Å². The van der Waals surface area contributed by atoms with Crippen molar-refractivity contribution >= 4 is 5.97 Å². The maximum atomic E-state index is 11.6. The molecule has 0 aromatic rings. The highest BCUT2D eigenvalue weighted by Crippen LogP contribution is 2.19. The van der Waals surface area contributed by atoms with E-state index in [-0.39, 0.29) is 38.6 Å². The summed E-state index contributed by atoms with van der Waals surface area (Å²) in [6, 6.07) is 0. The Morgan fingerprint density at radius 2 is 2.17 bits per heavy atom. The minimum Gasteiger partial charge on any atom is -0.460 e. The molecule has 0 aromatic heterocycles. The number of methoxy groups -OCH3 is 1. The summed E-state index contributed by atoms with van der Waals surface area (Å²) in [5.41, 5.74) is -0.391. The van der Waals surface area contributed by atoms with Crippen LogP contribution < -0.4 is 0 Å². The molecule has 1 N–H and O–H groups in total. The first-order chi connectivity index (χ1) is 8.88. The Hall–Kier alpha value is -0.650. The largest absolute Gasteiger partial charge is 0.460 e. The monoisotopic (exact) mass is 263 g/mol. The molecule has 0 spiro atoms. The van der Waals surface area contributed by atoms with E-state index >= 15 is 0 Å². The predicted octanol–water partition coefficient (Wildman–Crippen LogP) is 1.73. The van der Waals surface area contributed by atoms with E-state index in [1.54, 1.807) is 0 Å². The van der Waals surface area contributed by atoms with Crippen LogP contribution in [0.5, 0.6) is 0 Å². The lowest BCUT2D eigenvalue weighted by Crippen LogP contribution is -2.31. The fourth-order valence-corrected chi connectivity index (χ4v) is 1.25. The molecule has 0 aromatic carbocycles. The van der Waals surface area contributed by atoms with Crippen LogP contribution in [0.25, 0.3) is 0 Å². The Kier molecular flexibility index (Phi) is 7.23. The highest BCUT2D eigenvalue weighted by molar-refractivity contribution is 5.70. The molecule has 18 heavy (non-hydrogen) atoms. The van der Waals surface area contributed by atoms with Gasteiger partial charge in [0.1, 0.15) is 6.61 Å². The molecule has 5 nitrogen and oxygen atoms in total. The number of esters is 1. The first kappa shape index (κ1) is 15.4. The van der Waals surface area contributed by atoms with E-state index < -0.39 is 11.7 Å². The maximum absolute atomic E-state index is 11.6. The fraction of sp³-hybridized carbons (Fsp3) is 0.923. The molecule has 0 saturated heterocycles. The Balaban J connectivity index is 4.10. The lowest BCUT2D eigenvalue weighted by atomic mass is 9.93. The summed E-state index contributed by atoms with van der Waals surface area (Å²) in [7, 11) is 1.45. The van der Waals surface area contributed by atoms with Crippen molar-refractivity contribution in [3.8, 4) is 0 Å². The van der Waals surface area contributed by atoms with Crippen LogP contribution in [0, 0.1) is 5.41 Å². The molecular weight excluding hydrogens is 236 g/mol. The third kappa shape index (κ3) is 8.44. The summed E-state index contributed by atoms with van der Waals surface area (Å²) in [6.45, 7) is 5.61. The van der Waals surface area contributed by atoms with Crippen molar-refractivity contribution in [2.45, 2.75) is 52.9 Å². The number of rotatable bonds is 8. The smallest absolute Gasteiger partial charge is 0.306 e. The van der Waals surface area contributed by atoms with Crippen LogP contribution in [0.1, 0.15) is 41.9 Å². The molecule has 2 atom stereocenters. The van der Waals surface area contributed by atoms with E-state index in [0.717, 1.165) is 0 Å². The summed E-state index contributed by atoms with van der Waals surface area (Å²) in [5.74, 6) is -0.375. The Morgan fingerprint density at radius 1 is 1.50 bits per heavy atom. The minimum absolute atomic E-state index is 0.0140. The van der Waals surface area contributed by atoms with Gasteiger partial charge in [-0.05, 0) is 11.8 Å². The number of carbonyl (C=O) groups excluding carboxylic acids is 1. The Labute approximate surface area is 111 Å². The van der Waals surface area contributed by atoms with Gasteiger partial charge in [-0.1, -0.05) is 27.7 Å². The van der Waals surface area contributed by atoms with Crippen LogP contribution in [-0.4, -0.2) is 43.8 Å². The van der Waals surface area contributed by atoms with Gasteiger partial charge < -0.3 is 19.3 Å². The van der Waals surface area contributed by atoms with Gasteiger partial charge in [0.2, 0.25) is 0 Å². The van der Waals surface area contributed by atoms with Crippen LogP contribution in [0.2, 0.25) is 0 Å². The van der Waals surface area contributed by atoms with Gasteiger partial charge >= 0.3 is 5.97 Å². The van der Waals surface area contributed by atoms with Crippen LogP contribution >= 0.6 is 0 Å². The number of aliphatic hydroxyl groups excluding tert-OH is 1. The first-order valence-electron chi connectivity index (χ1n) is 6.83. The lowest BCUT2D eigenvalue weighted by molar-refractivity contribution is -0.195. The molecule has 0 aliphatic carbocycles. The van der Waals surface area contributed by atoms with Gasteiger partial charge in [-0.15, -0.1) is 0 Å². The highest BCUT2D eigenvalue weighted by Gasteiger charge is 2.20. The fourth-order valence-electron chi connectivity index (χ4n) is 1.25. The summed E-state index contributed by atoms with van der Waals surface area (Å²) >= 11 is 0. The topological polar surface area (TPSA) is 65.0 Å². The minimum atomic E-state index is -0.680. The third-order valence-corrected chi connectivity index (χ3v) is 2.27. The maximum Gasteiger partial charge on any atom is 0.306 e. The second kappa shape index (κ2) is 8.45. The number of hydrogen-bond donors (Lipinski definition) is 1. The van der Waals surface area contributed by atoms with Crippen molar-refractivity contribution in [2.24, 2.45) is 5.41 Å². The number of ether oxygens (including phenoxy) is 3. The van der Waals surface area contributed by atoms with Crippen molar-refractivity contribution < 1.29 is 25.5 Å². The Morgan fingerprint density at radius 3 is 2.61 bits per heavy atom. The van der Waals surface area contributed by atoms with Gasteiger partial charge in [0.15, 0.2) is 6.29 Å². The van der Waals surface area contributed by atoms with Gasteiger partial charge in [-0.25, -0.2) is 0 Å². The lowest BCUT2D eigenvalue weighted by Gasteiger charge is -2.22. The summed E-state index contributed by atoms with van der Waals surface area (Å²) in [4.78, 5) is 11.6. The molecule has 5 heteroatoms. The molecular formula is C13H26O5. The second-order valence-electron chi connectivity index (χ2n) is 5.04. The van der Waals surface area contributed by atoms with Crippen LogP contribution in [-0.2, 0) is 19.0 Å². The SMILES string of the molecule is [2H]CC(C)(C)CC(=O)OCC(OC)OC(CC)CO. The average Bonchev–Trinajstić information content (AvgIpc) is 2.38. The van der Waals surface area contributed by atoms with Crippen LogP contribution in [0.3, 0.4) is 0 Å². The number of hydrogen-bond acceptors (Lipinski definition) is 5. The normalized spacial score (nSPS) is 15.9. The van der Waals surface area contributed by atoms with Gasteiger partial charge in [0.05, 0.1) is 19.1 Å². The van der Waals surface area contributed by atoms with Gasteiger partial charge in [0.25, 0.3) is 0 Å². The molecule has 0 saturated carbocycles. The van der Waals surface area contributed by atoms with E-state index in [4.69, 9.17) is 20.7 Å². The van der Waals surface area contributed by atoms with Crippen molar-refractivity contribution in [3.63, 3.8) is 0 Å². The molecule has 0 rings (SSSR count). The number of carbonyl (C=O) groups is 1. The van der Waals surface area contributed by atoms with E-state index in [0.29, 0.717) is 6.42 Å². The molecule has 0 fully saturated rings. The second-order valence-corrected chi connectivity index (χ2v) is 5.04. The summed E-state index contributed by atoms with van der Waals surface area (Å²) < 4.78 is 22.8. The van der Waals surface area contributed by atoms with Gasteiger partial charge in [0, 0.05) is 8.48 Å². The molecule has 108 valence electrons. The standard InChI is InChI=1S/C13H26O5/c1-6-10(8-14)18-12(16-5)9-17-11(15)7-13(2,3)4/h10,12,14H,6-9H2,1-5H3/i2D.